The smallest absolute Gasteiger partial charge is 0.230 e. The molecular formula is C17H26N2O2S. The third-order valence-corrected chi connectivity index (χ3v) is 5.24. The predicted molar refractivity (Wildman–Crippen MR) is 91.2 cm³/mol. The number of aliphatic hydroxyl groups excluding tert-OH is 1. The number of hydrogen-bond donors (Lipinski definition) is 2. The zero-order chi connectivity index (χ0) is 15.8. The second-order valence-corrected chi connectivity index (χ2v) is 6.91. The molecule has 1 fully saturated rings. The summed E-state index contributed by atoms with van der Waals surface area (Å²) in [6, 6.07) is 8.13. The topological polar surface area (TPSA) is 52.6 Å². The molecule has 2 N–H and O–H groups in total. The Labute approximate surface area is 137 Å². The average molecular weight is 322 g/mol. The molecule has 4 nitrogen and oxygen atoms in total. The lowest BCUT2D eigenvalue weighted by Crippen LogP contribution is -2.41. The average Bonchev–Trinajstić information content (AvgIpc) is 2.54. The van der Waals surface area contributed by atoms with E-state index in [2.05, 4.69) is 29.3 Å². The van der Waals surface area contributed by atoms with Crippen LogP contribution in [0.1, 0.15) is 18.4 Å². The molecule has 122 valence electrons. The summed E-state index contributed by atoms with van der Waals surface area (Å²) < 4.78 is 0. The summed E-state index contributed by atoms with van der Waals surface area (Å²) in [5.41, 5.74) is 1.21. The van der Waals surface area contributed by atoms with E-state index < -0.39 is 0 Å². The van der Waals surface area contributed by atoms with Crippen molar-refractivity contribution in [3.63, 3.8) is 0 Å². The van der Waals surface area contributed by atoms with Crippen LogP contribution in [0.15, 0.2) is 29.2 Å². The van der Waals surface area contributed by atoms with E-state index in [0.717, 1.165) is 32.5 Å². The van der Waals surface area contributed by atoms with E-state index in [1.54, 1.807) is 11.8 Å². The van der Waals surface area contributed by atoms with Gasteiger partial charge in [-0.25, -0.2) is 0 Å². The Bertz CT molecular complexity index is 481. The minimum Gasteiger partial charge on any atom is -0.396 e. The number of thioether (sulfide) groups is 1. The molecular weight excluding hydrogens is 296 g/mol. The summed E-state index contributed by atoms with van der Waals surface area (Å²) in [7, 11) is 0. The van der Waals surface area contributed by atoms with E-state index in [9.17, 15) is 9.90 Å². The zero-order valence-electron chi connectivity index (χ0n) is 13.3. The molecule has 0 radical (unpaired) electrons. The van der Waals surface area contributed by atoms with Gasteiger partial charge in [0, 0.05) is 31.1 Å². The highest BCUT2D eigenvalue weighted by Gasteiger charge is 2.18. The lowest BCUT2D eigenvalue weighted by Gasteiger charge is -2.31. The van der Waals surface area contributed by atoms with Crippen LogP contribution in [0.3, 0.4) is 0 Å². The number of carbonyl (C=O) groups is 1. The van der Waals surface area contributed by atoms with E-state index in [4.69, 9.17) is 0 Å². The van der Waals surface area contributed by atoms with E-state index in [1.807, 2.05) is 12.1 Å². The van der Waals surface area contributed by atoms with Crippen molar-refractivity contribution in [3.05, 3.63) is 29.8 Å². The van der Waals surface area contributed by atoms with Crippen LogP contribution in [0, 0.1) is 12.8 Å². The van der Waals surface area contributed by atoms with Gasteiger partial charge in [0.15, 0.2) is 0 Å². The number of aryl methyl sites for hydroxylation is 1. The van der Waals surface area contributed by atoms with Crippen molar-refractivity contribution in [2.75, 3.05) is 38.5 Å². The Balaban J connectivity index is 1.63. The maximum Gasteiger partial charge on any atom is 0.230 e. The molecule has 22 heavy (non-hydrogen) atoms. The normalized spacial score (nSPS) is 19.1. The minimum atomic E-state index is 0.0870. The summed E-state index contributed by atoms with van der Waals surface area (Å²) in [6.07, 6.45) is 2.26. The van der Waals surface area contributed by atoms with Crippen molar-refractivity contribution in [1.29, 1.82) is 0 Å². The largest absolute Gasteiger partial charge is 0.396 e. The van der Waals surface area contributed by atoms with Crippen LogP contribution in [0.2, 0.25) is 0 Å². The Morgan fingerprint density at radius 3 is 3.05 bits per heavy atom. The van der Waals surface area contributed by atoms with Gasteiger partial charge >= 0.3 is 0 Å². The highest BCUT2D eigenvalue weighted by molar-refractivity contribution is 8.00. The van der Waals surface area contributed by atoms with Crippen molar-refractivity contribution in [3.8, 4) is 0 Å². The number of benzene rings is 1. The van der Waals surface area contributed by atoms with E-state index in [0.29, 0.717) is 18.2 Å². The number of nitrogens with one attached hydrogen (secondary N) is 1. The molecule has 1 atom stereocenters. The number of carbonyl (C=O) groups excluding carboxylic acids is 1. The molecule has 0 aromatic heterocycles. The predicted octanol–water partition coefficient (Wildman–Crippen LogP) is 1.91. The second-order valence-electron chi connectivity index (χ2n) is 5.90. The summed E-state index contributed by atoms with van der Waals surface area (Å²) >= 11 is 1.59. The van der Waals surface area contributed by atoms with Crippen LogP contribution >= 0.6 is 11.8 Å². The fraction of sp³-hybridized carbons (Fsp3) is 0.588. The molecule has 5 heteroatoms. The monoisotopic (exact) mass is 322 g/mol. The Kier molecular flexibility index (Phi) is 7.22. The third-order valence-electron chi connectivity index (χ3n) is 4.06. The highest BCUT2D eigenvalue weighted by Crippen LogP contribution is 2.21. The van der Waals surface area contributed by atoms with Crippen LogP contribution in [0.25, 0.3) is 0 Å². The number of piperidine rings is 1. The summed E-state index contributed by atoms with van der Waals surface area (Å²) in [4.78, 5) is 15.4. The van der Waals surface area contributed by atoms with E-state index in [1.165, 1.54) is 10.5 Å². The standard InChI is InChI=1S/C17H26N2O2S/c1-14-5-2-3-7-16(14)22-13-17(21)18-8-10-19-9-4-6-15(11-19)12-20/h2-3,5,7,15,20H,4,6,8-13H2,1H3,(H,18,21). The van der Waals surface area contributed by atoms with Gasteiger partial charge in [-0.3, -0.25) is 4.79 Å². The zero-order valence-corrected chi connectivity index (χ0v) is 14.1. The van der Waals surface area contributed by atoms with Crippen molar-refractivity contribution >= 4 is 17.7 Å². The maximum absolute atomic E-state index is 11.9. The lowest BCUT2D eigenvalue weighted by atomic mass is 9.99. The van der Waals surface area contributed by atoms with Gasteiger partial charge in [-0.2, -0.15) is 0 Å². The fourth-order valence-electron chi connectivity index (χ4n) is 2.77. The summed E-state index contributed by atoms with van der Waals surface area (Å²) in [6.45, 7) is 5.92. The molecule has 1 aromatic carbocycles. The summed E-state index contributed by atoms with van der Waals surface area (Å²) in [5, 5.41) is 12.2. The Morgan fingerprint density at radius 2 is 2.27 bits per heavy atom. The van der Waals surface area contributed by atoms with Crippen molar-refractivity contribution in [2.45, 2.75) is 24.7 Å². The van der Waals surface area contributed by atoms with Crippen LogP contribution in [-0.2, 0) is 4.79 Å². The van der Waals surface area contributed by atoms with Crippen molar-refractivity contribution in [2.24, 2.45) is 5.92 Å². The van der Waals surface area contributed by atoms with Gasteiger partial charge in [0.05, 0.1) is 5.75 Å². The van der Waals surface area contributed by atoms with E-state index in [-0.39, 0.29) is 12.5 Å². The molecule has 0 aliphatic carbocycles. The number of rotatable bonds is 7. The van der Waals surface area contributed by atoms with Crippen LogP contribution in [0.4, 0.5) is 0 Å². The van der Waals surface area contributed by atoms with E-state index >= 15 is 0 Å². The van der Waals surface area contributed by atoms with Gasteiger partial charge in [0.1, 0.15) is 0 Å². The molecule has 1 aromatic rings. The Morgan fingerprint density at radius 1 is 1.45 bits per heavy atom. The number of hydrogen-bond acceptors (Lipinski definition) is 4. The highest BCUT2D eigenvalue weighted by atomic mass is 32.2. The van der Waals surface area contributed by atoms with Gasteiger partial charge < -0.3 is 15.3 Å². The van der Waals surface area contributed by atoms with Crippen LogP contribution in [-0.4, -0.2) is 54.5 Å². The molecule has 1 heterocycles. The first-order valence-corrected chi connectivity index (χ1v) is 8.96. The van der Waals surface area contributed by atoms with Crippen molar-refractivity contribution < 1.29 is 9.90 Å². The van der Waals surface area contributed by atoms with Gasteiger partial charge in [-0.15, -0.1) is 11.8 Å². The number of amides is 1. The lowest BCUT2D eigenvalue weighted by molar-refractivity contribution is -0.118. The van der Waals surface area contributed by atoms with Gasteiger partial charge in [-0.05, 0) is 43.9 Å². The molecule has 0 saturated carbocycles. The minimum absolute atomic E-state index is 0.0870. The van der Waals surface area contributed by atoms with Gasteiger partial charge in [-0.1, -0.05) is 18.2 Å². The molecule has 0 spiro atoms. The molecule has 2 rings (SSSR count). The van der Waals surface area contributed by atoms with Gasteiger partial charge in [0.25, 0.3) is 0 Å². The Hall–Kier alpha value is -1.04. The molecule has 1 unspecified atom stereocenters. The van der Waals surface area contributed by atoms with Crippen molar-refractivity contribution in [1.82, 2.24) is 10.2 Å². The first kappa shape index (κ1) is 17.3. The van der Waals surface area contributed by atoms with Crippen LogP contribution in [0.5, 0.6) is 0 Å². The molecule has 1 aliphatic heterocycles. The number of likely N-dealkylation sites (tertiary alicyclic amines) is 1. The summed E-state index contributed by atoms with van der Waals surface area (Å²) in [5.74, 6) is 0.953. The third kappa shape index (κ3) is 5.63. The second kappa shape index (κ2) is 9.18. The first-order valence-electron chi connectivity index (χ1n) is 7.97. The number of nitrogens with zero attached hydrogens (tertiary/aromatic N) is 1. The molecule has 1 saturated heterocycles. The van der Waals surface area contributed by atoms with Gasteiger partial charge in [0.2, 0.25) is 5.91 Å². The quantitative estimate of drug-likeness (QED) is 0.753. The SMILES string of the molecule is Cc1ccccc1SCC(=O)NCCN1CCCC(CO)C1. The van der Waals surface area contributed by atoms with Crippen LogP contribution < -0.4 is 5.32 Å². The molecule has 1 amide bonds. The fourth-order valence-corrected chi connectivity index (χ4v) is 3.63. The maximum atomic E-state index is 11.9. The molecule has 1 aliphatic rings. The molecule has 0 bridgehead atoms. The number of aliphatic hydroxyl groups is 1. The first-order chi connectivity index (χ1) is 10.7.